The summed E-state index contributed by atoms with van der Waals surface area (Å²) in [7, 11) is 0. The van der Waals surface area contributed by atoms with Crippen LogP contribution in [0.15, 0.2) is 24.3 Å². The van der Waals surface area contributed by atoms with Gasteiger partial charge in [-0.05, 0) is 43.9 Å². The molecule has 112 valence electrons. The Labute approximate surface area is 123 Å². The second kappa shape index (κ2) is 8.62. The van der Waals surface area contributed by atoms with E-state index in [1.165, 1.54) is 12.8 Å². The Balaban J connectivity index is 2.71. The first-order chi connectivity index (χ1) is 9.60. The van der Waals surface area contributed by atoms with Crippen LogP contribution in [0.3, 0.4) is 0 Å². The second-order valence-electron chi connectivity index (χ2n) is 5.44. The Kier molecular flexibility index (Phi) is 7.13. The van der Waals surface area contributed by atoms with Gasteiger partial charge in [0.1, 0.15) is 0 Å². The molecule has 1 rings (SSSR count). The van der Waals surface area contributed by atoms with Gasteiger partial charge >= 0.3 is 0 Å². The molecule has 1 aromatic rings. The van der Waals surface area contributed by atoms with E-state index in [1.54, 1.807) is 0 Å². The normalized spacial score (nSPS) is 13.6. The first-order valence-corrected chi connectivity index (χ1v) is 7.75. The van der Waals surface area contributed by atoms with Crippen molar-refractivity contribution < 1.29 is 4.79 Å². The lowest BCUT2D eigenvalue weighted by molar-refractivity contribution is 0.0956. The van der Waals surface area contributed by atoms with E-state index in [2.05, 4.69) is 31.4 Å². The van der Waals surface area contributed by atoms with Crippen molar-refractivity contribution in [2.24, 2.45) is 5.92 Å². The highest BCUT2D eigenvalue weighted by molar-refractivity contribution is 5.95. The molecular weight excluding hydrogens is 248 g/mol. The van der Waals surface area contributed by atoms with Gasteiger partial charge in [0.05, 0.1) is 0 Å². The maximum atomic E-state index is 11.8. The fourth-order valence-electron chi connectivity index (χ4n) is 2.23. The molecule has 20 heavy (non-hydrogen) atoms. The number of amides is 1. The van der Waals surface area contributed by atoms with Crippen molar-refractivity contribution in [3.05, 3.63) is 29.8 Å². The molecule has 0 saturated carbocycles. The van der Waals surface area contributed by atoms with Gasteiger partial charge in [0.2, 0.25) is 0 Å². The van der Waals surface area contributed by atoms with Crippen molar-refractivity contribution in [2.75, 3.05) is 11.9 Å². The Hall–Kier alpha value is -1.51. The zero-order chi connectivity index (χ0) is 15.0. The van der Waals surface area contributed by atoms with Gasteiger partial charge in [-0.25, -0.2) is 0 Å². The number of rotatable bonds is 8. The average molecular weight is 276 g/mol. The number of hydrogen-bond donors (Lipinski definition) is 2. The van der Waals surface area contributed by atoms with Crippen molar-refractivity contribution in [2.45, 2.75) is 53.0 Å². The third kappa shape index (κ3) is 5.24. The Morgan fingerprint density at radius 1 is 1.20 bits per heavy atom. The van der Waals surface area contributed by atoms with Gasteiger partial charge in [0.25, 0.3) is 5.91 Å². The van der Waals surface area contributed by atoms with E-state index in [-0.39, 0.29) is 5.91 Å². The Morgan fingerprint density at radius 2 is 1.95 bits per heavy atom. The minimum atomic E-state index is -0.00822. The molecule has 2 atom stereocenters. The van der Waals surface area contributed by atoms with Crippen LogP contribution >= 0.6 is 0 Å². The van der Waals surface area contributed by atoms with E-state index in [0.29, 0.717) is 12.6 Å². The minimum Gasteiger partial charge on any atom is -0.382 e. The fraction of sp³-hybridized carbons (Fsp3) is 0.588. The molecule has 0 bridgehead atoms. The Bertz CT molecular complexity index is 417. The maximum absolute atomic E-state index is 11.8. The summed E-state index contributed by atoms with van der Waals surface area (Å²) in [5.41, 5.74) is 1.75. The summed E-state index contributed by atoms with van der Waals surface area (Å²) < 4.78 is 0. The van der Waals surface area contributed by atoms with Crippen molar-refractivity contribution in [3.63, 3.8) is 0 Å². The van der Waals surface area contributed by atoms with Crippen LogP contribution in [0, 0.1) is 5.92 Å². The smallest absolute Gasteiger partial charge is 0.251 e. The molecule has 0 aliphatic carbocycles. The average Bonchev–Trinajstić information content (AvgIpc) is 2.46. The molecule has 0 aromatic heterocycles. The highest BCUT2D eigenvalue weighted by atomic mass is 16.1. The molecule has 0 fully saturated rings. The van der Waals surface area contributed by atoms with Gasteiger partial charge in [0, 0.05) is 23.8 Å². The van der Waals surface area contributed by atoms with Crippen LogP contribution in [0.1, 0.15) is 57.3 Å². The lowest BCUT2D eigenvalue weighted by Crippen LogP contribution is -2.24. The van der Waals surface area contributed by atoms with Crippen LogP contribution in [0.4, 0.5) is 5.69 Å². The standard InChI is InChI=1S/C17H28N2O/c1-5-13(4)11-15(6-2)19-16-10-8-9-14(12-16)17(20)18-7-3/h8-10,12-13,15,19H,5-7,11H2,1-4H3,(H,18,20). The monoisotopic (exact) mass is 276 g/mol. The van der Waals surface area contributed by atoms with E-state index < -0.39 is 0 Å². The van der Waals surface area contributed by atoms with Crippen LogP contribution < -0.4 is 10.6 Å². The van der Waals surface area contributed by atoms with Crippen LogP contribution in [0.5, 0.6) is 0 Å². The number of carbonyl (C=O) groups excluding carboxylic acids is 1. The van der Waals surface area contributed by atoms with Gasteiger partial charge in [-0.1, -0.05) is 33.3 Å². The molecular formula is C17H28N2O. The highest BCUT2D eigenvalue weighted by Gasteiger charge is 2.11. The summed E-state index contributed by atoms with van der Waals surface area (Å²) in [5.74, 6) is 0.713. The van der Waals surface area contributed by atoms with Crippen molar-refractivity contribution in [3.8, 4) is 0 Å². The largest absolute Gasteiger partial charge is 0.382 e. The molecule has 0 aliphatic rings. The molecule has 0 spiro atoms. The number of carbonyl (C=O) groups is 1. The summed E-state index contributed by atoms with van der Waals surface area (Å²) in [6, 6.07) is 8.22. The van der Waals surface area contributed by atoms with E-state index in [4.69, 9.17) is 0 Å². The first-order valence-electron chi connectivity index (χ1n) is 7.75. The lowest BCUT2D eigenvalue weighted by atomic mass is 9.97. The molecule has 3 nitrogen and oxygen atoms in total. The second-order valence-corrected chi connectivity index (χ2v) is 5.44. The van der Waals surface area contributed by atoms with Gasteiger partial charge < -0.3 is 10.6 Å². The molecule has 1 amide bonds. The molecule has 3 heteroatoms. The van der Waals surface area contributed by atoms with Crippen LogP contribution in [0.2, 0.25) is 0 Å². The molecule has 0 radical (unpaired) electrons. The third-order valence-corrected chi connectivity index (χ3v) is 3.71. The predicted octanol–water partition coefficient (Wildman–Crippen LogP) is 4.06. The predicted molar refractivity (Wildman–Crippen MR) is 86.2 cm³/mol. The van der Waals surface area contributed by atoms with Crippen LogP contribution in [0.25, 0.3) is 0 Å². The summed E-state index contributed by atoms with van der Waals surface area (Å²) in [6.07, 6.45) is 3.46. The van der Waals surface area contributed by atoms with Crippen molar-refractivity contribution in [1.29, 1.82) is 0 Å². The maximum Gasteiger partial charge on any atom is 0.251 e. The number of nitrogens with one attached hydrogen (secondary N) is 2. The molecule has 0 aliphatic heterocycles. The van der Waals surface area contributed by atoms with Gasteiger partial charge in [-0.3, -0.25) is 4.79 Å². The molecule has 2 unspecified atom stereocenters. The minimum absolute atomic E-state index is 0.00822. The van der Waals surface area contributed by atoms with Gasteiger partial charge in [-0.15, -0.1) is 0 Å². The van der Waals surface area contributed by atoms with Crippen LogP contribution in [-0.4, -0.2) is 18.5 Å². The Morgan fingerprint density at radius 3 is 2.55 bits per heavy atom. The number of anilines is 1. The third-order valence-electron chi connectivity index (χ3n) is 3.71. The molecule has 0 heterocycles. The zero-order valence-electron chi connectivity index (χ0n) is 13.2. The molecule has 0 saturated heterocycles. The van der Waals surface area contributed by atoms with Crippen LogP contribution in [-0.2, 0) is 0 Å². The molecule has 2 N–H and O–H groups in total. The first kappa shape index (κ1) is 16.5. The number of benzene rings is 1. The zero-order valence-corrected chi connectivity index (χ0v) is 13.2. The highest BCUT2D eigenvalue weighted by Crippen LogP contribution is 2.18. The van der Waals surface area contributed by atoms with Crippen molar-refractivity contribution >= 4 is 11.6 Å². The summed E-state index contributed by atoms with van der Waals surface area (Å²) in [4.78, 5) is 11.8. The van der Waals surface area contributed by atoms with Crippen molar-refractivity contribution in [1.82, 2.24) is 5.32 Å². The SMILES string of the molecule is CCNC(=O)c1cccc(NC(CC)CC(C)CC)c1. The number of hydrogen-bond acceptors (Lipinski definition) is 2. The summed E-state index contributed by atoms with van der Waals surface area (Å²) in [6.45, 7) is 9.30. The van der Waals surface area contributed by atoms with E-state index in [0.717, 1.165) is 23.6 Å². The lowest BCUT2D eigenvalue weighted by Gasteiger charge is -2.21. The molecule has 1 aromatic carbocycles. The van der Waals surface area contributed by atoms with Gasteiger partial charge in [-0.2, -0.15) is 0 Å². The fourth-order valence-corrected chi connectivity index (χ4v) is 2.23. The summed E-state index contributed by atoms with van der Waals surface area (Å²) in [5, 5.41) is 6.38. The van der Waals surface area contributed by atoms with E-state index in [1.807, 2.05) is 31.2 Å². The summed E-state index contributed by atoms with van der Waals surface area (Å²) >= 11 is 0. The van der Waals surface area contributed by atoms with E-state index in [9.17, 15) is 4.79 Å². The van der Waals surface area contributed by atoms with Gasteiger partial charge in [0.15, 0.2) is 0 Å². The quantitative estimate of drug-likeness (QED) is 0.751. The van der Waals surface area contributed by atoms with E-state index >= 15 is 0 Å². The topological polar surface area (TPSA) is 41.1 Å².